The molecule has 1 heterocycles. The SMILES string of the molecule is CC1(C)CC(=O)N(CCC(C)(NC2CC2)C(=O)O)C1=O. The van der Waals surface area contributed by atoms with E-state index in [4.69, 9.17) is 0 Å². The maximum atomic E-state index is 12.1. The highest BCUT2D eigenvalue weighted by molar-refractivity contribution is 6.05. The van der Waals surface area contributed by atoms with Gasteiger partial charge in [-0.2, -0.15) is 0 Å². The molecule has 2 fully saturated rings. The van der Waals surface area contributed by atoms with Gasteiger partial charge in [0.15, 0.2) is 0 Å². The second-order valence-corrected chi connectivity index (χ2v) is 6.72. The van der Waals surface area contributed by atoms with Gasteiger partial charge in [0.1, 0.15) is 5.54 Å². The number of carboxylic acids is 1. The summed E-state index contributed by atoms with van der Waals surface area (Å²) in [6, 6.07) is 0.248. The Bertz CT molecular complexity index is 456. The Balaban J connectivity index is 2.00. The Morgan fingerprint density at radius 1 is 1.45 bits per heavy atom. The highest BCUT2D eigenvalue weighted by Gasteiger charge is 2.46. The number of nitrogens with one attached hydrogen (secondary N) is 1. The Morgan fingerprint density at radius 3 is 2.45 bits per heavy atom. The summed E-state index contributed by atoms with van der Waals surface area (Å²) in [6.07, 6.45) is 2.40. The molecule has 2 amide bonds. The van der Waals surface area contributed by atoms with Crippen LogP contribution in [0, 0.1) is 5.41 Å². The van der Waals surface area contributed by atoms with Gasteiger partial charge in [0, 0.05) is 19.0 Å². The van der Waals surface area contributed by atoms with Crippen LogP contribution in [0.2, 0.25) is 0 Å². The van der Waals surface area contributed by atoms with E-state index in [1.54, 1.807) is 20.8 Å². The molecule has 0 spiro atoms. The minimum Gasteiger partial charge on any atom is -0.480 e. The van der Waals surface area contributed by atoms with Crippen molar-refractivity contribution >= 4 is 17.8 Å². The number of likely N-dealkylation sites (tertiary alicyclic amines) is 1. The molecule has 2 aliphatic rings. The van der Waals surface area contributed by atoms with Crippen molar-refractivity contribution in [3.8, 4) is 0 Å². The Morgan fingerprint density at radius 2 is 2.05 bits per heavy atom. The summed E-state index contributed by atoms with van der Waals surface area (Å²) in [5.74, 6) is -1.36. The average Bonchev–Trinajstić information content (AvgIpc) is 3.08. The fraction of sp³-hybridized carbons (Fsp3) is 0.786. The molecular weight excluding hydrogens is 260 g/mol. The Hall–Kier alpha value is -1.43. The first-order valence-corrected chi connectivity index (χ1v) is 7.02. The summed E-state index contributed by atoms with van der Waals surface area (Å²) in [7, 11) is 0. The molecule has 6 heteroatoms. The molecule has 0 aromatic rings. The normalized spacial score (nSPS) is 24.9. The number of carboxylic acid groups (broad SMARTS) is 1. The number of aliphatic carboxylic acids is 1. The predicted octanol–water partition coefficient (Wildman–Crippen LogP) is 0.757. The van der Waals surface area contributed by atoms with Gasteiger partial charge >= 0.3 is 5.97 Å². The van der Waals surface area contributed by atoms with Crippen LogP contribution in [0.1, 0.15) is 46.5 Å². The minimum absolute atomic E-state index is 0.156. The molecule has 0 aromatic heterocycles. The van der Waals surface area contributed by atoms with Gasteiger partial charge in [0.25, 0.3) is 0 Å². The molecule has 6 nitrogen and oxygen atoms in total. The number of imide groups is 1. The first-order chi connectivity index (χ1) is 9.16. The van der Waals surface area contributed by atoms with E-state index in [1.165, 1.54) is 4.90 Å². The van der Waals surface area contributed by atoms with Crippen molar-refractivity contribution in [2.45, 2.75) is 58.0 Å². The van der Waals surface area contributed by atoms with E-state index in [1.807, 2.05) is 0 Å². The predicted molar refractivity (Wildman–Crippen MR) is 71.9 cm³/mol. The summed E-state index contributed by atoms with van der Waals surface area (Å²) >= 11 is 0. The summed E-state index contributed by atoms with van der Waals surface area (Å²) in [5.41, 5.74) is -1.75. The Labute approximate surface area is 118 Å². The zero-order valence-corrected chi connectivity index (χ0v) is 12.2. The third kappa shape index (κ3) is 2.85. The number of carbonyl (C=O) groups is 3. The van der Waals surface area contributed by atoms with Crippen LogP contribution in [-0.4, -0.2) is 45.9 Å². The van der Waals surface area contributed by atoms with Crippen LogP contribution in [0.3, 0.4) is 0 Å². The number of hydrogen-bond acceptors (Lipinski definition) is 4. The van der Waals surface area contributed by atoms with Crippen LogP contribution in [0.15, 0.2) is 0 Å². The van der Waals surface area contributed by atoms with Crippen LogP contribution in [0.5, 0.6) is 0 Å². The van der Waals surface area contributed by atoms with E-state index in [0.29, 0.717) is 0 Å². The average molecular weight is 282 g/mol. The van der Waals surface area contributed by atoms with E-state index in [-0.39, 0.29) is 37.2 Å². The molecule has 0 radical (unpaired) electrons. The first kappa shape index (κ1) is 15.0. The second-order valence-electron chi connectivity index (χ2n) is 6.72. The largest absolute Gasteiger partial charge is 0.480 e. The fourth-order valence-corrected chi connectivity index (χ4v) is 2.51. The third-order valence-corrected chi connectivity index (χ3v) is 4.13. The van der Waals surface area contributed by atoms with Gasteiger partial charge in [0.2, 0.25) is 11.8 Å². The molecule has 1 unspecified atom stereocenters. The molecule has 20 heavy (non-hydrogen) atoms. The molecular formula is C14H22N2O4. The topological polar surface area (TPSA) is 86.7 Å². The lowest BCUT2D eigenvalue weighted by Crippen LogP contribution is -2.52. The summed E-state index contributed by atoms with van der Waals surface area (Å²) in [5, 5.41) is 12.5. The van der Waals surface area contributed by atoms with Crippen LogP contribution in [0.4, 0.5) is 0 Å². The Kier molecular flexibility index (Phi) is 3.62. The summed E-state index contributed by atoms with van der Waals surface area (Å²) in [4.78, 5) is 36.6. The minimum atomic E-state index is -1.09. The van der Waals surface area contributed by atoms with E-state index in [0.717, 1.165) is 12.8 Å². The van der Waals surface area contributed by atoms with Gasteiger partial charge in [-0.25, -0.2) is 0 Å². The van der Waals surface area contributed by atoms with Crippen LogP contribution < -0.4 is 5.32 Å². The van der Waals surface area contributed by atoms with Gasteiger partial charge < -0.3 is 5.11 Å². The number of carbonyl (C=O) groups excluding carboxylic acids is 2. The molecule has 0 aromatic carbocycles. The van der Waals surface area contributed by atoms with Crippen molar-refractivity contribution in [3.63, 3.8) is 0 Å². The number of amides is 2. The molecule has 2 N–H and O–H groups in total. The van der Waals surface area contributed by atoms with Crippen molar-refractivity contribution in [2.24, 2.45) is 5.41 Å². The molecule has 1 saturated carbocycles. The smallest absolute Gasteiger partial charge is 0.323 e. The number of nitrogens with zero attached hydrogens (tertiary/aromatic N) is 1. The second kappa shape index (κ2) is 4.84. The zero-order chi connectivity index (χ0) is 15.1. The lowest BCUT2D eigenvalue weighted by Gasteiger charge is -2.28. The third-order valence-electron chi connectivity index (χ3n) is 4.13. The van der Waals surface area contributed by atoms with Crippen LogP contribution in [-0.2, 0) is 14.4 Å². The van der Waals surface area contributed by atoms with Crippen molar-refractivity contribution < 1.29 is 19.5 Å². The van der Waals surface area contributed by atoms with Gasteiger partial charge in [-0.05, 0) is 26.2 Å². The monoisotopic (exact) mass is 282 g/mol. The van der Waals surface area contributed by atoms with Crippen LogP contribution in [0.25, 0.3) is 0 Å². The van der Waals surface area contributed by atoms with Crippen LogP contribution >= 0.6 is 0 Å². The van der Waals surface area contributed by atoms with Crippen molar-refractivity contribution in [1.29, 1.82) is 0 Å². The van der Waals surface area contributed by atoms with E-state index >= 15 is 0 Å². The lowest BCUT2D eigenvalue weighted by atomic mass is 9.92. The fourth-order valence-electron chi connectivity index (χ4n) is 2.51. The van der Waals surface area contributed by atoms with Gasteiger partial charge in [-0.15, -0.1) is 0 Å². The molecule has 1 aliphatic heterocycles. The molecule has 1 saturated heterocycles. The maximum Gasteiger partial charge on any atom is 0.323 e. The first-order valence-electron chi connectivity index (χ1n) is 7.02. The molecule has 0 bridgehead atoms. The van der Waals surface area contributed by atoms with Gasteiger partial charge in [-0.3, -0.25) is 24.6 Å². The number of rotatable bonds is 6. The van der Waals surface area contributed by atoms with Crippen molar-refractivity contribution in [3.05, 3.63) is 0 Å². The molecule has 1 aliphatic carbocycles. The molecule has 112 valence electrons. The molecule has 2 rings (SSSR count). The van der Waals surface area contributed by atoms with Crippen molar-refractivity contribution in [1.82, 2.24) is 10.2 Å². The summed E-state index contributed by atoms with van der Waals surface area (Å²) in [6.45, 7) is 5.26. The zero-order valence-electron chi connectivity index (χ0n) is 12.2. The highest BCUT2D eigenvalue weighted by Crippen LogP contribution is 2.32. The van der Waals surface area contributed by atoms with E-state index in [2.05, 4.69) is 5.32 Å². The van der Waals surface area contributed by atoms with Gasteiger partial charge in [-0.1, -0.05) is 13.8 Å². The maximum absolute atomic E-state index is 12.1. The van der Waals surface area contributed by atoms with Crippen molar-refractivity contribution in [2.75, 3.05) is 6.54 Å². The van der Waals surface area contributed by atoms with E-state index in [9.17, 15) is 19.5 Å². The quantitative estimate of drug-likeness (QED) is 0.702. The van der Waals surface area contributed by atoms with E-state index < -0.39 is 16.9 Å². The lowest BCUT2D eigenvalue weighted by molar-refractivity contribution is -0.147. The number of hydrogen-bond donors (Lipinski definition) is 2. The standard InChI is InChI=1S/C14H22N2O4/c1-13(2)8-10(17)16(11(13)18)7-6-14(3,12(19)20)15-9-4-5-9/h9,15H,4-8H2,1-3H3,(H,19,20). The molecule has 1 atom stereocenters. The van der Waals surface area contributed by atoms with Gasteiger partial charge in [0.05, 0.1) is 5.41 Å². The highest BCUT2D eigenvalue weighted by atomic mass is 16.4. The summed E-state index contributed by atoms with van der Waals surface area (Å²) < 4.78 is 0.